The number of hydrogen-bond acceptors (Lipinski definition) is 3. The molecule has 0 aliphatic carbocycles. The lowest BCUT2D eigenvalue weighted by Gasteiger charge is -2.36. The maximum atomic E-state index is 12.2. The second kappa shape index (κ2) is 6.23. The van der Waals surface area contributed by atoms with E-state index in [1.54, 1.807) is 18.2 Å². The van der Waals surface area contributed by atoms with Crippen LogP contribution >= 0.6 is 23.2 Å². The largest absolute Gasteiger partial charge is 0.376 e. The fraction of sp³-hybridized carbons (Fsp3) is 0.500. The van der Waals surface area contributed by atoms with E-state index in [1.165, 1.54) is 0 Å². The molecule has 1 fully saturated rings. The summed E-state index contributed by atoms with van der Waals surface area (Å²) in [6.45, 7) is 5.90. The normalized spacial score (nSPS) is 24.4. The molecule has 1 saturated heterocycles. The molecule has 1 heterocycles. The Bertz CT molecular complexity index is 479. The zero-order chi connectivity index (χ0) is 14.0. The minimum absolute atomic E-state index is 0.0551. The second-order valence-corrected chi connectivity index (χ2v) is 5.79. The van der Waals surface area contributed by atoms with E-state index in [4.69, 9.17) is 27.9 Å². The van der Waals surface area contributed by atoms with Gasteiger partial charge in [-0.05, 0) is 32.0 Å². The summed E-state index contributed by atoms with van der Waals surface area (Å²) in [5, 5.41) is 0.877. The second-order valence-electron chi connectivity index (χ2n) is 4.97. The Kier molecular flexibility index (Phi) is 4.85. The number of Topliss-reactive ketones (excluding diaryl/α,β-unsaturated/α-hetero) is 1. The van der Waals surface area contributed by atoms with E-state index in [1.807, 2.05) is 6.92 Å². The molecule has 2 unspecified atom stereocenters. The predicted molar refractivity (Wildman–Crippen MR) is 77.2 cm³/mol. The first kappa shape index (κ1) is 14.8. The van der Waals surface area contributed by atoms with Gasteiger partial charge in [-0.2, -0.15) is 0 Å². The monoisotopic (exact) mass is 301 g/mol. The van der Waals surface area contributed by atoms with Crippen LogP contribution in [-0.4, -0.2) is 42.5 Å². The number of nitrogens with zero attached hydrogens (tertiary/aromatic N) is 1. The third-order valence-electron chi connectivity index (χ3n) is 3.33. The van der Waals surface area contributed by atoms with Crippen LogP contribution < -0.4 is 0 Å². The fourth-order valence-corrected chi connectivity index (χ4v) is 2.44. The number of benzene rings is 1. The first-order chi connectivity index (χ1) is 8.97. The molecular formula is C14H17Cl2NO2. The van der Waals surface area contributed by atoms with Gasteiger partial charge in [0.1, 0.15) is 0 Å². The van der Waals surface area contributed by atoms with Crippen molar-refractivity contribution in [3.63, 3.8) is 0 Å². The molecule has 0 spiro atoms. The van der Waals surface area contributed by atoms with Gasteiger partial charge >= 0.3 is 0 Å². The minimum Gasteiger partial charge on any atom is -0.376 e. The van der Waals surface area contributed by atoms with E-state index in [9.17, 15) is 4.79 Å². The van der Waals surface area contributed by atoms with Gasteiger partial charge in [-0.3, -0.25) is 9.69 Å². The molecule has 0 amide bonds. The highest BCUT2D eigenvalue weighted by Gasteiger charge is 2.25. The zero-order valence-electron chi connectivity index (χ0n) is 11.0. The van der Waals surface area contributed by atoms with Crippen molar-refractivity contribution in [3.8, 4) is 0 Å². The maximum Gasteiger partial charge on any atom is 0.176 e. The van der Waals surface area contributed by atoms with Crippen molar-refractivity contribution in [1.82, 2.24) is 4.90 Å². The van der Waals surface area contributed by atoms with E-state index in [-0.39, 0.29) is 17.9 Å². The molecule has 0 bridgehead atoms. The Labute approximate surface area is 123 Å². The summed E-state index contributed by atoms with van der Waals surface area (Å²) in [6, 6.07) is 5.25. The van der Waals surface area contributed by atoms with E-state index >= 15 is 0 Å². The quantitative estimate of drug-likeness (QED) is 0.803. The average molecular weight is 302 g/mol. The van der Waals surface area contributed by atoms with Gasteiger partial charge in [-0.15, -0.1) is 0 Å². The topological polar surface area (TPSA) is 29.5 Å². The van der Waals surface area contributed by atoms with Crippen molar-refractivity contribution in [3.05, 3.63) is 33.8 Å². The maximum absolute atomic E-state index is 12.2. The van der Waals surface area contributed by atoms with Gasteiger partial charge in [0.15, 0.2) is 5.78 Å². The molecule has 1 aliphatic rings. The number of ether oxygens (including phenoxy) is 1. The van der Waals surface area contributed by atoms with Gasteiger partial charge in [0.25, 0.3) is 0 Å². The van der Waals surface area contributed by atoms with Crippen LogP contribution in [0.1, 0.15) is 24.2 Å². The molecule has 0 saturated carbocycles. The molecule has 2 atom stereocenters. The van der Waals surface area contributed by atoms with E-state index in [0.29, 0.717) is 28.8 Å². The Morgan fingerprint density at radius 2 is 2.11 bits per heavy atom. The van der Waals surface area contributed by atoms with Gasteiger partial charge in [0, 0.05) is 18.2 Å². The lowest BCUT2D eigenvalue weighted by molar-refractivity contribution is -0.0460. The highest BCUT2D eigenvalue weighted by Crippen LogP contribution is 2.23. The summed E-state index contributed by atoms with van der Waals surface area (Å²) < 4.78 is 5.55. The zero-order valence-corrected chi connectivity index (χ0v) is 12.5. The van der Waals surface area contributed by atoms with Gasteiger partial charge in [-0.1, -0.05) is 23.2 Å². The SMILES string of the molecule is CC1CN(CC(=O)c2ccc(Cl)c(Cl)c2)C(C)CO1. The van der Waals surface area contributed by atoms with Crippen LogP contribution in [0, 0.1) is 0 Å². The third-order valence-corrected chi connectivity index (χ3v) is 4.06. The number of morpholine rings is 1. The Hall–Kier alpha value is -0.610. The van der Waals surface area contributed by atoms with Gasteiger partial charge in [0.05, 0.1) is 29.3 Å². The number of carbonyl (C=O) groups is 1. The molecule has 2 rings (SSSR count). The van der Waals surface area contributed by atoms with Crippen LogP contribution in [0.3, 0.4) is 0 Å². The average Bonchev–Trinajstić information content (AvgIpc) is 2.37. The standard InChI is InChI=1S/C14H17Cl2NO2/c1-9-8-19-10(2)6-17(9)7-14(18)11-3-4-12(15)13(16)5-11/h3-5,9-10H,6-8H2,1-2H3. The lowest BCUT2D eigenvalue weighted by Crippen LogP contribution is -2.49. The van der Waals surface area contributed by atoms with Crippen molar-refractivity contribution >= 4 is 29.0 Å². The van der Waals surface area contributed by atoms with Crippen molar-refractivity contribution < 1.29 is 9.53 Å². The predicted octanol–water partition coefficient (Wildman–Crippen LogP) is 3.29. The minimum atomic E-state index is 0.0551. The molecule has 1 aromatic carbocycles. The highest BCUT2D eigenvalue weighted by molar-refractivity contribution is 6.42. The third kappa shape index (κ3) is 3.69. The highest BCUT2D eigenvalue weighted by atomic mass is 35.5. The van der Waals surface area contributed by atoms with Crippen LogP contribution in [0.15, 0.2) is 18.2 Å². The summed E-state index contributed by atoms with van der Waals surface area (Å²) in [5.41, 5.74) is 0.598. The number of ketones is 1. The van der Waals surface area contributed by atoms with E-state index < -0.39 is 0 Å². The fourth-order valence-electron chi connectivity index (χ4n) is 2.14. The number of hydrogen-bond donors (Lipinski definition) is 0. The summed E-state index contributed by atoms with van der Waals surface area (Å²) in [4.78, 5) is 14.4. The summed E-state index contributed by atoms with van der Waals surface area (Å²) in [5.74, 6) is 0.0551. The molecule has 1 aliphatic heterocycles. The molecular weight excluding hydrogens is 285 g/mol. The van der Waals surface area contributed by atoms with Crippen LogP contribution in [0.4, 0.5) is 0 Å². The van der Waals surface area contributed by atoms with Crippen LogP contribution in [0.25, 0.3) is 0 Å². The molecule has 5 heteroatoms. The van der Waals surface area contributed by atoms with Crippen LogP contribution in [0.5, 0.6) is 0 Å². The van der Waals surface area contributed by atoms with Crippen LogP contribution in [0.2, 0.25) is 10.0 Å². The molecule has 3 nitrogen and oxygen atoms in total. The van der Waals surface area contributed by atoms with Gasteiger partial charge in [-0.25, -0.2) is 0 Å². The molecule has 0 N–H and O–H groups in total. The van der Waals surface area contributed by atoms with Crippen molar-refractivity contribution in [1.29, 1.82) is 0 Å². The van der Waals surface area contributed by atoms with Crippen molar-refractivity contribution in [2.24, 2.45) is 0 Å². The van der Waals surface area contributed by atoms with Crippen LogP contribution in [-0.2, 0) is 4.74 Å². The molecule has 19 heavy (non-hydrogen) atoms. The Morgan fingerprint density at radius 3 is 2.79 bits per heavy atom. The smallest absolute Gasteiger partial charge is 0.176 e. The molecule has 0 radical (unpaired) electrons. The Morgan fingerprint density at radius 1 is 1.37 bits per heavy atom. The first-order valence-electron chi connectivity index (χ1n) is 6.31. The van der Waals surface area contributed by atoms with Gasteiger partial charge in [0.2, 0.25) is 0 Å². The van der Waals surface area contributed by atoms with Gasteiger partial charge < -0.3 is 4.74 Å². The number of carbonyl (C=O) groups excluding carboxylic acids is 1. The molecule has 0 aromatic heterocycles. The van der Waals surface area contributed by atoms with Crippen molar-refractivity contribution in [2.45, 2.75) is 26.0 Å². The summed E-state index contributed by atoms with van der Waals surface area (Å²) in [7, 11) is 0. The summed E-state index contributed by atoms with van der Waals surface area (Å²) >= 11 is 11.8. The van der Waals surface area contributed by atoms with Crippen molar-refractivity contribution in [2.75, 3.05) is 19.7 Å². The van der Waals surface area contributed by atoms with E-state index in [2.05, 4.69) is 11.8 Å². The number of halogens is 2. The lowest BCUT2D eigenvalue weighted by atomic mass is 10.1. The first-order valence-corrected chi connectivity index (χ1v) is 7.07. The molecule has 104 valence electrons. The van der Waals surface area contributed by atoms with E-state index in [0.717, 1.165) is 6.54 Å². The summed E-state index contributed by atoms with van der Waals surface area (Å²) in [6.07, 6.45) is 0.165. The Balaban J connectivity index is 2.05. The molecule has 1 aromatic rings. The number of rotatable bonds is 3.